The van der Waals surface area contributed by atoms with Crippen molar-refractivity contribution in [1.82, 2.24) is 5.32 Å². The van der Waals surface area contributed by atoms with Crippen LogP contribution in [0, 0.1) is 0 Å². The molecule has 1 fully saturated rings. The fraction of sp³-hybridized carbons (Fsp3) is 0.538. The number of thioether (sulfide) groups is 1. The molecule has 1 aliphatic heterocycles. The molecule has 1 atom stereocenters. The average Bonchev–Trinajstić information content (AvgIpc) is 2.38. The average molecular weight is 253 g/mol. The number of hydrogen-bond donors (Lipinski definition) is 2. The molecule has 0 spiro atoms. The van der Waals surface area contributed by atoms with E-state index in [2.05, 4.69) is 5.32 Å². The van der Waals surface area contributed by atoms with Crippen molar-refractivity contribution in [2.45, 2.75) is 25.4 Å². The smallest absolute Gasteiger partial charge is 0.123 e. The summed E-state index contributed by atoms with van der Waals surface area (Å²) in [6, 6.07) is 6.03. The van der Waals surface area contributed by atoms with E-state index in [1.54, 1.807) is 13.2 Å². The maximum Gasteiger partial charge on any atom is 0.123 e. The second-order valence-corrected chi connectivity index (χ2v) is 5.44. The van der Waals surface area contributed by atoms with Crippen LogP contribution in [-0.4, -0.2) is 29.8 Å². The van der Waals surface area contributed by atoms with Crippen molar-refractivity contribution in [2.24, 2.45) is 0 Å². The molecule has 0 bridgehead atoms. The minimum Gasteiger partial charge on any atom is -0.507 e. The maximum atomic E-state index is 9.83. The van der Waals surface area contributed by atoms with Gasteiger partial charge in [-0.15, -0.1) is 0 Å². The first-order valence-corrected chi connectivity index (χ1v) is 7.12. The molecule has 94 valence electrons. The van der Waals surface area contributed by atoms with Crippen LogP contribution in [0.25, 0.3) is 0 Å². The number of methoxy groups -OCH3 is 1. The molecule has 3 nitrogen and oxygen atoms in total. The van der Waals surface area contributed by atoms with Crippen molar-refractivity contribution in [3.05, 3.63) is 23.8 Å². The number of phenols is 1. The van der Waals surface area contributed by atoms with Crippen LogP contribution >= 0.6 is 11.8 Å². The summed E-state index contributed by atoms with van der Waals surface area (Å²) in [6.07, 6.45) is 2.53. The second-order valence-electron chi connectivity index (χ2n) is 4.29. The molecule has 1 aromatic carbocycles. The largest absolute Gasteiger partial charge is 0.507 e. The van der Waals surface area contributed by atoms with Crippen molar-refractivity contribution in [1.29, 1.82) is 0 Å². The monoisotopic (exact) mass is 253 g/mol. The Balaban J connectivity index is 1.89. The Hall–Kier alpha value is -0.870. The van der Waals surface area contributed by atoms with Crippen molar-refractivity contribution < 1.29 is 9.84 Å². The quantitative estimate of drug-likeness (QED) is 0.864. The fourth-order valence-electron chi connectivity index (χ4n) is 1.98. The number of ether oxygens (including phenoxy) is 1. The molecule has 1 saturated heterocycles. The zero-order valence-electron chi connectivity index (χ0n) is 10.1. The third-order valence-corrected chi connectivity index (χ3v) is 4.25. The summed E-state index contributed by atoms with van der Waals surface area (Å²) in [4.78, 5) is 0. The van der Waals surface area contributed by atoms with E-state index in [9.17, 15) is 5.11 Å². The molecule has 4 heteroatoms. The van der Waals surface area contributed by atoms with Crippen molar-refractivity contribution >= 4 is 11.8 Å². The van der Waals surface area contributed by atoms with E-state index in [-0.39, 0.29) is 0 Å². The lowest BCUT2D eigenvalue weighted by Gasteiger charge is -2.22. The van der Waals surface area contributed by atoms with E-state index < -0.39 is 0 Å². The Labute approximate surface area is 107 Å². The Kier molecular flexibility index (Phi) is 4.57. The molecular formula is C13H19NO2S. The first kappa shape index (κ1) is 12.6. The molecule has 2 N–H and O–H groups in total. The predicted octanol–water partition coefficient (Wildman–Crippen LogP) is 2.39. The number of benzene rings is 1. The lowest BCUT2D eigenvalue weighted by molar-refractivity contribution is 0.405. The van der Waals surface area contributed by atoms with Crippen LogP contribution in [0.2, 0.25) is 0 Å². The molecule has 0 aromatic heterocycles. The Bertz CT molecular complexity index is 364. The molecule has 1 aliphatic rings. The molecule has 17 heavy (non-hydrogen) atoms. The van der Waals surface area contributed by atoms with E-state index in [1.807, 2.05) is 23.9 Å². The van der Waals surface area contributed by atoms with Gasteiger partial charge in [0.15, 0.2) is 0 Å². The van der Waals surface area contributed by atoms with E-state index in [1.165, 1.54) is 24.3 Å². The highest BCUT2D eigenvalue weighted by molar-refractivity contribution is 7.99. The molecular weight excluding hydrogens is 234 g/mol. The van der Waals surface area contributed by atoms with Gasteiger partial charge in [-0.05, 0) is 24.7 Å². The van der Waals surface area contributed by atoms with E-state index in [0.29, 0.717) is 17.5 Å². The fourth-order valence-corrected chi connectivity index (χ4v) is 3.08. The summed E-state index contributed by atoms with van der Waals surface area (Å²) in [5, 5.41) is 13.3. The molecule has 0 saturated carbocycles. The van der Waals surface area contributed by atoms with E-state index in [0.717, 1.165) is 12.1 Å². The molecule has 0 radical (unpaired) electrons. The molecule has 0 amide bonds. The molecule has 2 rings (SSSR count). The van der Waals surface area contributed by atoms with Gasteiger partial charge in [-0.25, -0.2) is 0 Å². The minimum absolute atomic E-state index is 0.306. The molecule has 1 unspecified atom stereocenters. The molecule has 0 aliphatic carbocycles. The lowest BCUT2D eigenvalue weighted by atomic mass is 10.1. The van der Waals surface area contributed by atoms with Crippen molar-refractivity contribution in [2.75, 3.05) is 18.6 Å². The summed E-state index contributed by atoms with van der Waals surface area (Å²) >= 11 is 2.00. The van der Waals surface area contributed by atoms with Crippen LogP contribution in [0.5, 0.6) is 11.5 Å². The Morgan fingerprint density at radius 2 is 2.41 bits per heavy atom. The topological polar surface area (TPSA) is 41.5 Å². The lowest BCUT2D eigenvalue weighted by Crippen LogP contribution is -2.33. The first-order valence-electron chi connectivity index (χ1n) is 5.96. The SMILES string of the molecule is COc1ccc(CNC2CCCSC2)c(O)c1. The number of aromatic hydroxyl groups is 1. The number of rotatable bonds is 4. The van der Waals surface area contributed by atoms with Crippen LogP contribution in [-0.2, 0) is 6.54 Å². The number of nitrogens with one attached hydrogen (secondary N) is 1. The van der Waals surface area contributed by atoms with Gasteiger partial charge in [0.25, 0.3) is 0 Å². The summed E-state index contributed by atoms with van der Waals surface area (Å²) in [5.74, 6) is 3.46. The van der Waals surface area contributed by atoms with E-state index >= 15 is 0 Å². The van der Waals surface area contributed by atoms with Gasteiger partial charge in [-0.2, -0.15) is 11.8 Å². The Morgan fingerprint density at radius 1 is 1.53 bits per heavy atom. The van der Waals surface area contributed by atoms with Gasteiger partial charge in [0.1, 0.15) is 11.5 Å². The van der Waals surface area contributed by atoms with Crippen molar-refractivity contribution in [3.63, 3.8) is 0 Å². The highest BCUT2D eigenvalue weighted by atomic mass is 32.2. The van der Waals surface area contributed by atoms with Crippen LogP contribution in [0.4, 0.5) is 0 Å². The van der Waals surface area contributed by atoms with Gasteiger partial charge in [-0.3, -0.25) is 0 Å². The zero-order chi connectivity index (χ0) is 12.1. The summed E-state index contributed by atoms with van der Waals surface area (Å²) < 4.78 is 5.06. The molecule has 1 aromatic rings. The van der Waals surface area contributed by atoms with Crippen molar-refractivity contribution in [3.8, 4) is 11.5 Å². The van der Waals surface area contributed by atoms with Gasteiger partial charge in [0.05, 0.1) is 7.11 Å². The predicted molar refractivity (Wildman–Crippen MR) is 71.8 cm³/mol. The van der Waals surface area contributed by atoms with E-state index in [4.69, 9.17) is 4.74 Å². The normalized spacial score (nSPS) is 20.2. The highest BCUT2D eigenvalue weighted by Crippen LogP contribution is 2.24. The minimum atomic E-state index is 0.306. The summed E-state index contributed by atoms with van der Waals surface area (Å²) in [7, 11) is 1.60. The third-order valence-electron chi connectivity index (χ3n) is 3.03. The van der Waals surface area contributed by atoms with Crippen LogP contribution < -0.4 is 10.1 Å². The van der Waals surface area contributed by atoms with Gasteiger partial charge in [0, 0.05) is 30.0 Å². The maximum absolute atomic E-state index is 9.83. The summed E-state index contributed by atoms with van der Waals surface area (Å²) in [6.45, 7) is 0.723. The van der Waals surface area contributed by atoms with Gasteiger partial charge in [-0.1, -0.05) is 6.07 Å². The zero-order valence-corrected chi connectivity index (χ0v) is 10.9. The van der Waals surface area contributed by atoms with Gasteiger partial charge in [0.2, 0.25) is 0 Å². The highest BCUT2D eigenvalue weighted by Gasteiger charge is 2.13. The van der Waals surface area contributed by atoms with Gasteiger partial charge < -0.3 is 15.2 Å². The van der Waals surface area contributed by atoms with Crippen LogP contribution in [0.3, 0.4) is 0 Å². The van der Waals surface area contributed by atoms with Crippen LogP contribution in [0.15, 0.2) is 18.2 Å². The molecule has 1 heterocycles. The standard InChI is InChI=1S/C13H19NO2S/c1-16-12-5-4-10(13(15)7-12)8-14-11-3-2-6-17-9-11/h4-5,7,11,14-15H,2-3,6,8-9H2,1H3. The Morgan fingerprint density at radius 3 is 3.06 bits per heavy atom. The first-order chi connectivity index (χ1) is 8.29. The number of hydrogen-bond acceptors (Lipinski definition) is 4. The summed E-state index contributed by atoms with van der Waals surface area (Å²) in [5.41, 5.74) is 0.932. The second kappa shape index (κ2) is 6.17. The van der Waals surface area contributed by atoms with Crippen LogP contribution in [0.1, 0.15) is 18.4 Å². The third kappa shape index (κ3) is 3.54. The van der Waals surface area contributed by atoms with Gasteiger partial charge >= 0.3 is 0 Å². The number of phenolic OH excluding ortho intramolecular Hbond substituents is 1.